The van der Waals surface area contributed by atoms with Crippen molar-refractivity contribution in [2.45, 2.75) is 45.1 Å². The van der Waals surface area contributed by atoms with Crippen LogP contribution in [0.1, 0.15) is 45.1 Å². The van der Waals surface area contributed by atoms with Gasteiger partial charge in [0.2, 0.25) is 0 Å². The van der Waals surface area contributed by atoms with Crippen LogP contribution in [0.25, 0.3) is 0 Å². The lowest BCUT2D eigenvalue weighted by Gasteiger charge is -2.42. The monoisotopic (exact) mass is 280 g/mol. The van der Waals surface area contributed by atoms with E-state index in [0.717, 1.165) is 32.0 Å². The van der Waals surface area contributed by atoms with Gasteiger partial charge in [-0.15, -0.1) is 0 Å². The van der Waals surface area contributed by atoms with Crippen LogP contribution in [0.4, 0.5) is 10.8 Å². The first kappa shape index (κ1) is 13.2. The maximum Gasteiger partial charge on any atom is 0.142 e. The fourth-order valence-electron chi connectivity index (χ4n) is 2.86. The summed E-state index contributed by atoms with van der Waals surface area (Å²) in [4.78, 5) is 5.05. The Balaban J connectivity index is 1.72. The van der Waals surface area contributed by atoms with Crippen molar-refractivity contribution in [3.8, 4) is 0 Å². The lowest BCUT2D eigenvalue weighted by molar-refractivity contribution is 0.128. The van der Waals surface area contributed by atoms with E-state index in [4.69, 9.17) is 5.73 Å². The van der Waals surface area contributed by atoms with Crippen LogP contribution in [-0.2, 0) is 0 Å². The summed E-state index contributed by atoms with van der Waals surface area (Å²) in [5, 5.41) is 1.34. The van der Waals surface area contributed by atoms with E-state index < -0.39 is 0 Å². The number of piperazine rings is 1. The van der Waals surface area contributed by atoms with Gasteiger partial charge < -0.3 is 10.6 Å². The standard InChI is InChI=1S/C14H24N4S/c1-14(2,3)18-8-6-17(7-9-18)13-11(10-4-5-10)12(15)16-19-13/h10H,4-9H2,1-3H3,(H2,15,16). The summed E-state index contributed by atoms with van der Waals surface area (Å²) in [5.74, 6) is 1.47. The van der Waals surface area contributed by atoms with E-state index in [1.165, 1.54) is 23.4 Å². The normalized spacial score (nSPS) is 21.9. The summed E-state index contributed by atoms with van der Waals surface area (Å²) >= 11 is 1.59. The quantitative estimate of drug-likeness (QED) is 0.904. The first-order chi connectivity index (χ1) is 8.97. The molecule has 1 aliphatic heterocycles. The number of rotatable bonds is 2. The fraction of sp³-hybridized carbons (Fsp3) is 0.786. The second-order valence-electron chi connectivity index (χ2n) is 6.71. The van der Waals surface area contributed by atoms with Gasteiger partial charge >= 0.3 is 0 Å². The van der Waals surface area contributed by atoms with Gasteiger partial charge in [-0.2, -0.15) is 4.37 Å². The summed E-state index contributed by atoms with van der Waals surface area (Å²) in [6.07, 6.45) is 2.58. The van der Waals surface area contributed by atoms with Crippen LogP contribution < -0.4 is 10.6 Å². The Kier molecular flexibility index (Phi) is 3.21. The van der Waals surface area contributed by atoms with Gasteiger partial charge in [0.15, 0.2) is 0 Å². The van der Waals surface area contributed by atoms with E-state index >= 15 is 0 Å². The third-order valence-corrected chi connectivity index (χ3v) is 5.18. The van der Waals surface area contributed by atoms with Crippen molar-refractivity contribution in [3.05, 3.63) is 5.56 Å². The topological polar surface area (TPSA) is 45.4 Å². The molecular weight excluding hydrogens is 256 g/mol. The van der Waals surface area contributed by atoms with Crippen molar-refractivity contribution in [2.75, 3.05) is 36.8 Å². The molecule has 0 unspecified atom stereocenters. The zero-order chi connectivity index (χ0) is 13.6. The molecule has 0 spiro atoms. The third-order valence-electron chi connectivity index (χ3n) is 4.24. The van der Waals surface area contributed by atoms with Gasteiger partial charge in [-0.1, -0.05) is 0 Å². The molecule has 2 heterocycles. The van der Waals surface area contributed by atoms with Crippen molar-refractivity contribution < 1.29 is 0 Å². The highest BCUT2D eigenvalue weighted by molar-refractivity contribution is 7.10. The van der Waals surface area contributed by atoms with E-state index in [1.54, 1.807) is 11.5 Å². The molecule has 1 saturated heterocycles. The first-order valence-electron chi connectivity index (χ1n) is 7.22. The molecule has 0 aromatic carbocycles. The van der Waals surface area contributed by atoms with Gasteiger partial charge in [-0.05, 0) is 51.1 Å². The van der Waals surface area contributed by atoms with E-state index in [2.05, 4.69) is 34.9 Å². The van der Waals surface area contributed by atoms with Crippen molar-refractivity contribution >= 4 is 22.4 Å². The molecule has 1 aromatic rings. The van der Waals surface area contributed by atoms with Gasteiger partial charge in [0, 0.05) is 37.3 Å². The lowest BCUT2D eigenvalue weighted by Crippen LogP contribution is -2.53. The minimum atomic E-state index is 0.276. The number of hydrogen-bond donors (Lipinski definition) is 1. The minimum Gasteiger partial charge on any atom is -0.383 e. The molecule has 0 atom stereocenters. The number of nitrogen functional groups attached to an aromatic ring is 1. The molecule has 4 nitrogen and oxygen atoms in total. The fourth-order valence-corrected chi connectivity index (χ4v) is 3.82. The van der Waals surface area contributed by atoms with E-state index in [-0.39, 0.29) is 5.54 Å². The molecule has 0 bridgehead atoms. The van der Waals surface area contributed by atoms with Crippen LogP contribution in [0.3, 0.4) is 0 Å². The van der Waals surface area contributed by atoms with Crippen LogP contribution in [-0.4, -0.2) is 41.0 Å². The summed E-state index contributed by atoms with van der Waals surface area (Å²) in [5.41, 5.74) is 7.67. The van der Waals surface area contributed by atoms with Crippen LogP contribution in [0.2, 0.25) is 0 Å². The van der Waals surface area contributed by atoms with Crippen molar-refractivity contribution in [1.82, 2.24) is 9.27 Å². The number of nitrogens with two attached hydrogens (primary N) is 1. The Labute approximate surface area is 119 Å². The highest BCUT2D eigenvalue weighted by Gasteiger charge is 2.34. The number of hydrogen-bond acceptors (Lipinski definition) is 5. The molecule has 19 heavy (non-hydrogen) atoms. The molecular formula is C14H24N4S. The Hall–Kier alpha value is -0.810. The number of aromatic nitrogens is 1. The average Bonchev–Trinajstić information content (AvgIpc) is 3.12. The molecule has 1 aromatic heterocycles. The van der Waals surface area contributed by atoms with Crippen LogP contribution in [0.5, 0.6) is 0 Å². The minimum absolute atomic E-state index is 0.276. The maximum atomic E-state index is 6.05. The SMILES string of the molecule is CC(C)(C)N1CCN(c2snc(N)c2C2CC2)CC1. The van der Waals surface area contributed by atoms with E-state index in [0.29, 0.717) is 5.92 Å². The largest absolute Gasteiger partial charge is 0.383 e. The summed E-state index contributed by atoms with van der Waals surface area (Å²) in [7, 11) is 0. The van der Waals surface area contributed by atoms with Crippen LogP contribution in [0, 0.1) is 0 Å². The predicted molar refractivity (Wildman–Crippen MR) is 82.0 cm³/mol. The molecule has 1 saturated carbocycles. The van der Waals surface area contributed by atoms with Crippen molar-refractivity contribution in [1.29, 1.82) is 0 Å². The molecule has 3 rings (SSSR count). The van der Waals surface area contributed by atoms with Gasteiger partial charge in [0.05, 0.1) is 0 Å². The van der Waals surface area contributed by atoms with Gasteiger partial charge in [-0.3, -0.25) is 4.90 Å². The predicted octanol–water partition coefficient (Wildman–Crippen LogP) is 2.52. The summed E-state index contributed by atoms with van der Waals surface area (Å²) < 4.78 is 4.38. The molecule has 106 valence electrons. The van der Waals surface area contributed by atoms with Gasteiger partial charge in [0.1, 0.15) is 10.8 Å². The van der Waals surface area contributed by atoms with Crippen molar-refractivity contribution in [3.63, 3.8) is 0 Å². The van der Waals surface area contributed by atoms with Crippen molar-refractivity contribution in [2.24, 2.45) is 0 Å². The zero-order valence-electron chi connectivity index (χ0n) is 12.1. The highest BCUT2D eigenvalue weighted by atomic mass is 32.1. The molecule has 2 fully saturated rings. The maximum absolute atomic E-state index is 6.05. The second kappa shape index (κ2) is 4.63. The molecule has 5 heteroatoms. The Bertz CT molecular complexity index is 451. The molecule has 2 aliphatic rings. The molecule has 0 radical (unpaired) electrons. The molecule has 0 amide bonds. The molecule has 1 aliphatic carbocycles. The zero-order valence-corrected chi connectivity index (χ0v) is 13.0. The Morgan fingerprint density at radius 1 is 1.16 bits per heavy atom. The van der Waals surface area contributed by atoms with Crippen LogP contribution in [0.15, 0.2) is 0 Å². The smallest absolute Gasteiger partial charge is 0.142 e. The van der Waals surface area contributed by atoms with Gasteiger partial charge in [0.25, 0.3) is 0 Å². The second-order valence-corrected chi connectivity index (χ2v) is 7.46. The number of nitrogens with zero attached hydrogens (tertiary/aromatic N) is 3. The highest BCUT2D eigenvalue weighted by Crippen LogP contribution is 2.48. The third kappa shape index (κ3) is 2.58. The molecule has 2 N–H and O–H groups in total. The Morgan fingerprint density at radius 3 is 2.32 bits per heavy atom. The summed E-state index contributed by atoms with van der Waals surface area (Å²) in [6, 6.07) is 0. The van der Waals surface area contributed by atoms with E-state index in [1.807, 2.05) is 0 Å². The average molecular weight is 280 g/mol. The Morgan fingerprint density at radius 2 is 1.79 bits per heavy atom. The van der Waals surface area contributed by atoms with E-state index in [9.17, 15) is 0 Å². The van der Waals surface area contributed by atoms with Gasteiger partial charge in [-0.25, -0.2) is 0 Å². The lowest BCUT2D eigenvalue weighted by atomic mass is 10.0. The van der Waals surface area contributed by atoms with Crippen LogP contribution >= 0.6 is 11.5 Å². The number of anilines is 2. The summed E-state index contributed by atoms with van der Waals surface area (Å²) in [6.45, 7) is 11.3. The first-order valence-corrected chi connectivity index (χ1v) is 7.99.